The number of esters is 4. The standard InChI is InChI=1S/C25H30O10/c1-22-12-24(3)18(22)14(10-16(26)34-24)30-6-5-7-31-15-11-17(27)35-25(4)13-23(2,19(15)25)21(29)33-9-8-32-20(22)28/h10-11,18-19H,5-9,12-13H2,1-4H3. The van der Waals surface area contributed by atoms with Gasteiger partial charge in [0.15, 0.2) is 0 Å². The fourth-order valence-electron chi connectivity index (χ4n) is 6.96. The molecule has 10 heteroatoms. The summed E-state index contributed by atoms with van der Waals surface area (Å²) in [7, 11) is 0. The molecule has 0 N–H and O–H groups in total. The van der Waals surface area contributed by atoms with E-state index in [1.807, 2.05) is 0 Å². The Morgan fingerprint density at radius 2 is 1.03 bits per heavy atom. The highest BCUT2D eigenvalue weighted by Crippen LogP contribution is 2.62. The topological polar surface area (TPSA) is 124 Å². The van der Waals surface area contributed by atoms with Gasteiger partial charge in [0, 0.05) is 19.3 Å². The number of ether oxygens (including phenoxy) is 6. The molecule has 0 aromatic rings. The number of carbonyl (C=O) groups is 4. The molecule has 6 unspecified atom stereocenters. The highest BCUT2D eigenvalue weighted by atomic mass is 16.6. The summed E-state index contributed by atoms with van der Waals surface area (Å²) in [6, 6.07) is 0. The van der Waals surface area contributed by atoms with Crippen LogP contribution in [0.25, 0.3) is 0 Å². The lowest BCUT2D eigenvalue weighted by Crippen LogP contribution is -2.66. The summed E-state index contributed by atoms with van der Waals surface area (Å²) in [5.74, 6) is -2.20. The smallest absolute Gasteiger partial charge is 0.334 e. The van der Waals surface area contributed by atoms with Crippen molar-refractivity contribution in [2.24, 2.45) is 22.7 Å². The van der Waals surface area contributed by atoms with Gasteiger partial charge in [-0.3, -0.25) is 9.59 Å². The van der Waals surface area contributed by atoms with Gasteiger partial charge in [-0.15, -0.1) is 0 Å². The molecule has 1 saturated heterocycles. The first-order valence-corrected chi connectivity index (χ1v) is 11.9. The maximum Gasteiger partial charge on any atom is 0.334 e. The van der Waals surface area contributed by atoms with Crippen molar-refractivity contribution in [1.29, 1.82) is 0 Å². The summed E-state index contributed by atoms with van der Waals surface area (Å²) < 4.78 is 33.9. The lowest BCUT2D eigenvalue weighted by molar-refractivity contribution is -0.228. The van der Waals surface area contributed by atoms with Gasteiger partial charge in [-0.05, 0) is 27.7 Å². The zero-order chi connectivity index (χ0) is 25.2. The van der Waals surface area contributed by atoms with Gasteiger partial charge in [0.2, 0.25) is 0 Å². The van der Waals surface area contributed by atoms with Crippen LogP contribution in [0, 0.1) is 22.7 Å². The fraction of sp³-hybridized carbons (Fsp3) is 0.680. The van der Waals surface area contributed by atoms with E-state index >= 15 is 0 Å². The number of hydrogen-bond acceptors (Lipinski definition) is 10. The zero-order valence-corrected chi connectivity index (χ0v) is 20.3. The van der Waals surface area contributed by atoms with Gasteiger partial charge in [-0.25, -0.2) is 9.59 Å². The summed E-state index contributed by atoms with van der Waals surface area (Å²) in [4.78, 5) is 50.3. The van der Waals surface area contributed by atoms with Crippen LogP contribution in [0.4, 0.5) is 0 Å². The van der Waals surface area contributed by atoms with Gasteiger partial charge in [-0.1, -0.05) is 0 Å². The van der Waals surface area contributed by atoms with Crippen LogP contribution in [0.3, 0.4) is 0 Å². The maximum absolute atomic E-state index is 13.0. The second-order valence-electron chi connectivity index (χ2n) is 10.9. The van der Waals surface area contributed by atoms with E-state index in [9.17, 15) is 19.2 Å². The molecular formula is C25H30O10. The normalized spacial score (nSPS) is 43.3. The van der Waals surface area contributed by atoms with Crippen molar-refractivity contribution in [1.82, 2.24) is 0 Å². The van der Waals surface area contributed by atoms with Crippen LogP contribution in [0.2, 0.25) is 0 Å². The van der Waals surface area contributed by atoms with Gasteiger partial charge in [0.25, 0.3) is 0 Å². The molecule has 0 aromatic carbocycles. The molecule has 3 heterocycles. The van der Waals surface area contributed by atoms with Crippen molar-refractivity contribution in [2.45, 2.75) is 58.2 Å². The Bertz CT molecular complexity index is 978. The third-order valence-corrected chi connectivity index (χ3v) is 8.00. The maximum atomic E-state index is 13.0. The second-order valence-corrected chi connectivity index (χ2v) is 10.9. The third-order valence-electron chi connectivity index (χ3n) is 8.00. The molecule has 10 nitrogen and oxygen atoms in total. The highest BCUT2D eigenvalue weighted by Gasteiger charge is 2.70. The van der Waals surface area contributed by atoms with Crippen LogP contribution in [0.1, 0.15) is 47.0 Å². The minimum atomic E-state index is -0.949. The van der Waals surface area contributed by atoms with E-state index in [4.69, 9.17) is 28.4 Å². The third kappa shape index (κ3) is 3.51. The lowest BCUT2D eigenvalue weighted by Gasteiger charge is -2.58. The molecule has 2 aliphatic carbocycles. The molecule has 0 spiro atoms. The van der Waals surface area contributed by atoms with Gasteiger partial charge in [-0.2, -0.15) is 0 Å². The van der Waals surface area contributed by atoms with Crippen molar-refractivity contribution in [2.75, 3.05) is 26.4 Å². The molecule has 2 saturated carbocycles. The average molecular weight is 491 g/mol. The zero-order valence-electron chi connectivity index (χ0n) is 20.3. The van der Waals surface area contributed by atoms with Crippen LogP contribution >= 0.6 is 0 Å². The predicted octanol–water partition coefficient (Wildman–Crippen LogP) is 1.96. The average Bonchev–Trinajstić information content (AvgIpc) is 2.72. The van der Waals surface area contributed by atoms with Crippen molar-refractivity contribution >= 4 is 23.9 Å². The Morgan fingerprint density at radius 1 is 0.629 bits per heavy atom. The van der Waals surface area contributed by atoms with E-state index in [1.54, 1.807) is 27.7 Å². The molecule has 3 aliphatic heterocycles. The van der Waals surface area contributed by atoms with Crippen molar-refractivity contribution < 1.29 is 47.6 Å². The van der Waals surface area contributed by atoms with E-state index in [2.05, 4.69) is 0 Å². The van der Waals surface area contributed by atoms with Gasteiger partial charge >= 0.3 is 23.9 Å². The number of rotatable bonds is 0. The molecule has 35 heavy (non-hydrogen) atoms. The van der Waals surface area contributed by atoms with E-state index < -0.39 is 57.7 Å². The van der Waals surface area contributed by atoms with Crippen molar-refractivity contribution in [3.8, 4) is 0 Å². The Kier molecular flexibility index (Phi) is 5.23. The van der Waals surface area contributed by atoms with Crippen LogP contribution in [0.15, 0.2) is 23.7 Å². The molecule has 0 bridgehead atoms. The largest absolute Gasteiger partial charge is 0.497 e. The summed E-state index contributed by atoms with van der Waals surface area (Å²) >= 11 is 0. The summed E-state index contributed by atoms with van der Waals surface area (Å²) in [6.45, 7) is 7.26. The Hall–Kier alpha value is -3.04. The summed E-state index contributed by atoms with van der Waals surface area (Å²) in [5.41, 5.74) is -3.64. The molecule has 3 fully saturated rings. The van der Waals surface area contributed by atoms with Crippen LogP contribution in [-0.2, 0) is 47.6 Å². The summed E-state index contributed by atoms with van der Waals surface area (Å²) in [5, 5.41) is 0. The quantitative estimate of drug-likeness (QED) is 0.368. The fourth-order valence-corrected chi connectivity index (χ4v) is 6.96. The van der Waals surface area contributed by atoms with Gasteiger partial charge in [0.05, 0.1) is 48.0 Å². The molecule has 0 aromatic heterocycles. The second kappa shape index (κ2) is 7.73. The first-order chi connectivity index (χ1) is 16.4. The molecule has 6 atom stereocenters. The predicted molar refractivity (Wildman–Crippen MR) is 116 cm³/mol. The van der Waals surface area contributed by atoms with Crippen molar-refractivity contribution in [3.05, 3.63) is 23.7 Å². The van der Waals surface area contributed by atoms with E-state index in [1.165, 1.54) is 12.2 Å². The van der Waals surface area contributed by atoms with Crippen LogP contribution in [0.5, 0.6) is 0 Å². The highest BCUT2D eigenvalue weighted by molar-refractivity contribution is 5.88. The number of cyclic esters (lactones) is 2. The van der Waals surface area contributed by atoms with Gasteiger partial charge in [0.1, 0.15) is 35.9 Å². The molecule has 190 valence electrons. The Balaban J connectivity index is 1.39. The minimum absolute atomic E-state index is 0.116. The molecule has 0 radical (unpaired) electrons. The van der Waals surface area contributed by atoms with E-state index in [0.29, 0.717) is 30.8 Å². The molecule has 5 rings (SSSR count). The Morgan fingerprint density at radius 3 is 1.43 bits per heavy atom. The molecule has 5 aliphatic rings. The molecule has 0 amide bonds. The molecular weight excluding hydrogens is 460 g/mol. The first-order valence-electron chi connectivity index (χ1n) is 11.9. The first kappa shape index (κ1) is 23.7. The monoisotopic (exact) mass is 490 g/mol. The lowest BCUT2D eigenvalue weighted by atomic mass is 9.51. The minimum Gasteiger partial charge on any atom is -0.497 e. The van der Waals surface area contributed by atoms with Gasteiger partial charge < -0.3 is 28.4 Å². The summed E-state index contributed by atoms with van der Waals surface area (Å²) in [6.07, 6.45) is 3.57. The van der Waals surface area contributed by atoms with Crippen LogP contribution < -0.4 is 0 Å². The number of hydrogen-bond donors (Lipinski definition) is 0. The van der Waals surface area contributed by atoms with E-state index in [0.717, 1.165) is 0 Å². The number of carbonyl (C=O) groups excluding carboxylic acids is 4. The Labute approximate surface area is 202 Å². The SMILES string of the molecule is CC12CC3(C)C(=O)OCCOC(=O)C4(C)CC5(C)OC(=O)C=C(OCCCOC(=CC(=O)O1)C23)C54. The van der Waals surface area contributed by atoms with Crippen LogP contribution in [-0.4, -0.2) is 61.5 Å². The van der Waals surface area contributed by atoms with E-state index in [-0.39, 0.29) is 26.4 Å². The van der Waals surface area contributed by atoms with Crippen molar-refractivity contribution in [3.63, 3.8) is 0 Å².